The second-order valence-corrected chi connectivity index (χ2v) is 6.50. The van der Waals surface area contributed by atoms with Crippen molar-refractivity contribution >= 4 is 12.2 Å². The van der Waals surface area contributed by atoms with Gasteiger partial charge in [-0.25, -0.2) is 0 Å². The van der Waals surface area contributed by atoms with Gasteiger partial charge in [0.25, 0.3) is 11.1 Å². The Morgan fingerprint density at radius 2 is 1.60 bits per heavy atom. The highest BCUT2D eigenvalue weighted by molar-refractivity contribution is 5.48. The molecule has 0 spiro atoms. The maximum Gasteiger partial charge on any atom is 0.272 e. The van der Waals surface area contributed by atoms with Crippen LogP contribution in [0.4, 0.5) is 0 Å². The number of nitrogens with one attached hydrogen (secondary N) is 2. The van der Waals surface area contributed by atoms with Gasteiger partial charge in [-0.2, -0.15) is 0 Å². The van der Waals surface area contributed by atoms with Gasteiger partial charge in [-0.3, -0.25) is 19.6 Å². The predicted octanol–water partition coefficient (Wildman–Crippen LogP) is 1.09. The van der Waals surface area contributed by atoms with E-state index in [1.807, 2.05) is 42.5 Å². The first-order chi connectivity index (χ1) is 14.7. The van der Waals surface area contributed by atoms with E-state index in [1.54, 1.807) is 36.8 Å². The molecule has 1 aromatic carbocycles. The average Bonchev–Trinajstić information content (AvgIpc) is 2.78. The van der Waals surface area contributed by atoms with Gasteiger partial charge < -0.3 is 14.7 Å². The topological polar surface area (TPSA) is 101 Å². The van der Waals surface area contributed by atoms with Crippen molar-refractivity contribution in [2.75, 3.05) is 0 Å². The summed E-state index contributed by atoms with van der Waals surface area (Å²) in [6, 6.07) is 16.5. The van der Waals surface area contributed by atoms with Crippen molar-refractivity contribution < 1.29 is 4.74 Å². The van der Waals surface area contributed by atoms with Crippen molar-refractivity contribution in [3.8, 4) is 5.75 Å². The van der Waals surface area contributed by atoms with E-state index >= 15 is 0 Å². The molecule has 0 atom stereocenters. The molecule has 4 rings (SSSR count). The standard InChI is InChI=1S/C23H18N4O3/c28-22-20(11-16-5-2-1-3-6-16)26-23(29)21(27-22)12-18-8-9-19(14-25-18)30-15-17-7-4-10-24-13-17/h1-14H,15H2,(H,26,29)(H,27,28). The first-order valence-electron chi connectivity index (χ1n) is 9.26. The number of aromatic nitrogens is 4. The molecule has 30 heavy (non-hydrogen) atoms. The summed E-state index contributed by atoms with van der Waals surface area (Å²) in [5, 5.41) is 0.317. The van der Waals surface area contributed by atoms with Gasteiger partial charge in [0.2, 0.25) is 0 Å². The van der Waals surface area contributed by atoms with Gasteiger partial charge in [0.15, 0.2) is 0 Å². The molecule has 0 amide bonds. The highest BCUT2D eigenvalue weighted by Gasteiger charge is 2.00. The molecule has 148 valence electrons. The van der Waals surface area contributed by atoms with Crippen LogP contribution < -0.4 is 26.6 Å². The Morgan fingerprint density at radius 1 is 0.833 bits per heavy atom. The Morgan fingerprint density at radius 3 is 2.27 bits per heavy atom. The van der Waals surface area contributed by atoms with Gasteiger partial charge in [-0.05, 0) is 35.9 Å². The van der Waals surface area contributed by atoms with Crippen LogP contribution in [0.1, 0.15) is 16.8 Å². The molecule has 2 N–H and O–H groups in total. The van der Waals surface area contributed by atoms with Crippen LogP contribution in [0.2, 0.25) is 0 Å². The number of rotatable bonds is 5. The zero-order chi connectivity index (χ0) is 20.8. The molecule has 0 fully saturated rings. The largest absolute Gasteiger partial charge is 0.487 e. The van der Waals surface area contributed by atoms with E-state index in [-0.39, 0.29) is 16.3 Å². The van der Waals surface area contributed by atoms with Gasteiger partial charge in [0.05, 0.1) is 11.9 Å². The lowest BCUT2D eigenvalue weighted by Gasteiger charge is -2.05. The van der Waals surface area contributed by atoms with E-state index in [1.165, 1.54) is 6.08 Å². The van der Waals surface area contributed by atoms with Crippen LogP contribution in [0, 0.1) is 0 Å². The van der Waals surface area contributed by atoms with Crippen molar-refractivity contribution in [1.82, 2.24) is 19.9 Å². The molecule has 4 aromatic rings. The number of benzene rings is 1. The summed E-state index contributed by atoms with van der Waals surface area (Å²) in [6.07, 6.45) is 8.13. The summed E-state index contributed by atoms with van der Waals surface area (Å²) in [7, 11) is 0. The van der Waals surface area contributed by atoms with Gasteiger partial charge in [-0.1, -0.05) is 36.4 Å². The molecule has 0 aliphatic rings. The highest BCUT2D eigenvalue weighted by Crippen LogP contribution is 2.11. The van der Waals surface area contributed by atoms with Crippen molar-refractivity contribution in [2.45, 2.75) is 6.61 Å². The Kier molecular flexibility index (Phi) is 5.61. The molecule has 7 nitrogen and oxygen atoms in total. The summed E-state index contributed by atoms with van der Waals surface area (Å²) in [6.45, 7) is 0.380. The molecule has 0 aliphatic heterocycles. The van der Waals surface area contributed by atoms with Crippen molar-refractivity contribution in [1.29, 1.82) is 0 Å². The minimum atomic E-state index is -0.407. The predicted molar refractivity (Wildman–Crippen MR) is 113 cm³/mol. The first-order valence-corrected chi connectivity index (χ1v) is 9.26. The first kappa shape index (κ1) is 19.1. The van der Waals surface area contributed by atoms with E-state index in [0.717, 1.165) is 11.1 Å². The fraction of sp³-hybridized carbons (Fsp3) is 0.0435. The van der Waals surface area contributed by atoms with E-state index < -0.39 is 5.56 Å². The van der Waals surface area contributed by atoms with Crippen LogP contribution in [0.25, 0.3) is 12.2 Å². The normalized spacial score (nSPS) is 12.1. The molecule has 0 aliphatic carbocycles. The minimum absolute atomic E-state index is 0.127. The third-order valence-electron chi connectivity index (χ3n) is 4.28. The van der Waals surface area contributed by atoms with E-state index in [4.69, 9.17) is 4.74 Å². The van der Waals surface area contributed by atoms with Crippen LogP contribution in [0.3, 0.4) is 0 Å². The van der Waals surface area contributed by atoms with Crippen LogP contribution in [0.5, 0.6) is 5.75 Å². The van der Waals surface area contributed by atoms with Crippen molar-refractivity contribution in [3.63, 3.8) is 0 Å². The summed E-state index contributed by atoms with van der Waals surface area (Å²) in [4.78, 5) is 38.3. The van der Waals surface area contributed by atoms with Crippen LogP contribution >= 0.6 is 0 Å². The number of aromatic amines is 2. The summed E-state index contributed by atoms with van der Waals surface area (Å²) in [5.74, 6) is 0.589. The summed E-state index contributed by atoms with van der Waals surface area (Å²) in [5.41, 5.74) is 1.49. The maximum absolute atomic E-state index is 12.4. The van der Waals surface area contributed by atoms with Gasteiger partial charge >= 0.3 is 0 Å². The fourth-order valence-electron chi connectivity index (χ4n) is 2.77. The third-order valence-corrected chi connectivity index (χ3v) is 4.28. The molecule has 0 radical (unpaired) electrons. The molecule has 0 bridgehead atoms. The highest BCUT2D eigenvalue weighted by atomic mass is 16.5. The Bertz CT molecular complexity index is 1360. The number of hydrogen-bond acceptors (Lipinski definition) is 5. The number of pyridine rings is 2. The van der Waals surface area contributed by atoms with Crippen molar-refractivity contribution in [3.05, 3.63) is 121 Å². The van der Waals surface area contributed by atoms with Crippen LogP contribution in [-0.2, 0) is 6.61 Å². The number of ether oxygens (including phenoxy) is 1. The van der Waals surface area contributed by atoms with E-state index in [2.05, 4.69) is 19.9 Å². The molecule has 0 saturated carbocycles. The Balaban J connectivity index is 1.56. The summed E-state index contributed by atoms with van der Waals surface area (Å²) >= 11 is 0. The Labute approximate surface area is 171 Å². The van der Waals surface area contributed by atoms with E-state index in [9.17, 15) is 9.59 Å². The smallest absolute Gasteiger partial charge is 0.272 e. The molecule has 7 heteroatoms. The SMILES string of the molecule is O=c1[nH]c(=Cc2ccc(OCc3cccnc3)cn2)c(=O)[nH]c1=Cc1ccccc1. The maximum atomic E-state index is 12.4. The molecule has 0 unspecified atom stereocenters. The van der Waals surface area contributed by atoms with Crippen LogP contribution in [-0.4, -0.2) is 19.9 Å². The summed E-state index contributed by atoms with van der Waals surface area (Å²) < 4.78 is 5.67. The molecule has 3 aromatic heterocycles. The third kappa shape index (κ3) is 4.77. The zero-order valence-corrected chi connectivity index (χ0v) is 15.9. The second-order valence-electron chi connectivity index (χ2n) is 6.50. The minimum Gasteiger partial charge on any atom is -0.487 e. The zero-order valence-electron chi connectivity index (χ0n) is 15.9. The fourth-order valence-corrected chi connectivity index (χ4v) is 2.77. The molecular formula is C23H18N4O3. The van der Waals surface area contributed by atoms with Gasteiger partial charge in [0, 0.05) is 18.0 Å². The number of nitrogens with zero attached hydrogens (tertiary/aromatic N) is 2. The molecule has 0 saturated heterocycles. The molecule has 3 heterocycles. The van der Waals surface area contributed by atoms with Crippen LogP contribution in [0.15, 0.2) is 82.8 Å². The van der Waals surface area contributed by atoms with Crippen molar-refractivity contribution in [2.24, 2.45) is 0 Å². The van der Waals surface area contributed by atoms with Gasteiger partial charge in [0.1, 0.15) is 23.1 Å². The lowest BCUT2D eigenvalue weighted by Crippen LogP contribution is -2.46. The number of H-pyrrole nitrogens is 2. The molecular weight excluding hydrogens is 380 g/mol. The lowest BCUT2D eigenvalue weighted by atomic mass is 10.2. The average molecular weight is 398 g/mol. The number of hydrogen-bond donors (Lipinski definition) is 2. The monoisotopic (exact) mass is 398 g/mol. The lowest BCUT2D eigenvalue weighted by molar-refractivity contribution is 0.304. The Hall–Kier alpha value is -4.26. The van der Waals surface area contributed by atoms with Gasteiger partial charge in [-0.15, -0.1) is 0 Å². The second kappa shape index (κ2) is 8.83. The van der Waals surface area contributed by atoms with E-state index in [0.29, 0.717) is 18.1 Å². The quantitative estimate of drug-likeness (QED) is 0.524.